The van der Waals surface area contributed by atoms with Crippen molar-refractivity contribution < 1.29 is 26.7 Å². The summed E-state index contributed by atoms with van der Waals surface area (Å²) in [7, 11) is 0. The van der Waals surface area contributed by atoms with Crippen LogP contribution in [0.15, 0.2) is 0 Å². The van der Waals surface area contributed by atoms with Crippen molar-refractivity contribution in [3.05, 3.63) is 0 Å². The molecule has 0 amide bonds. The predicted octanol–water partition coefficient (Wildman–Crippen LogP) is 3.29. The standard InChI is InChI=1S/C8H11F5OS/c1-2-6(14)15-4-3-7(10,11)8(12,13)5-9/h2-5H2,1H3. The molecule has 0 saturated heterocycles. The molecule has 0 fully saturated rings. The van der Waals surface area contributed by atoms with Gasteiger partial charge < -0.3 is 0 Å². The van der Waals surface area contributed by atoms with Crippen LogP contribution in [0.2, 0.25) is 0 Å². The molecule has 0 bridgehead atoms. The zero-order valence-electron chi connectivity index (χ0n) is 8.03. The highest BCUT2D eigenvalue weighted by atomic mass is 32.2. The Kier molecular flexibility index (Phi) is 5.55. The normalized spacial score (nSPS) is 12.9. The van der Waals surface area contributed by atoms with Crippen LogP contribution in [0, 0.1) is 0 Å². The number of halogens is 5. The van der Waals surface area contributed by atoms with Gasteiger partial charge in [-0.05, 0) is 0 Å². The molecule has 0 rings (SSSR count). The van der Waals surface area contributed by atoms with Crippen molar-refractivity contribution >= 4 is 16.9 Å². The summed E-state index contributed by atoms with van der Waals surface area (Å²) in [5.41, 5.74) is 0. The SMILES string of the molecule is CCC(=O)SCCC(F)(F)C(F)(F)CF. The fourth-order valence-corrected chi connectivity index (χ4v) is 1.47. The fraction of sp³-hybridized carbons (Fsp3) is 0.875. The van der Waals surface area contributed by atoms with Crippen LogP contribution in [0.5, 0.6) is 0 Å². The highest BCUT2D eigenvalue weighted by Gasteiger charge is 2.55. The molecular formula is C8H11F5OS. The number of rotatable bonds is 6. The summed E-state index contributed by atoms with van der Waals surface area (Å²) in [4.78, 5) is 10.7. The molecule has 0 saturated carbocycles. The third kappa shape index (κ3) is 4.36. The Bertz CT molecular complexity index is 219. The summed E-state index contributed by atoms with van der Waals surface area (Å²) < 4.78 is 61.5. The van der Waals surface area contributed by atoms with Gasteiger partial charge in [-0.2, -0.15) is 17.6 Å². The van der Waals surface area contributed by atoms with Gasteiger partial charge in [0.15, 0.2) is 11.8 Å². The lowest BCUT2D eigenvalue weighted by molar-refractivity contribution is -0.215. The summed E-state index contributed by atoms with van der Waals surface area (Å²) in [5.74, 6) is -9.49. The quantitative estimate of drug-likeness (QED) is 0.673. The molecule has 0 aliphatic rings. The number of hydrogen-bond donors (Lipinski definition) is 0. The molecule has 0 N–H and O–H groups in total. The first-order valence-corrected chi connectivity index (χ1v) is 5.22. The largest absolute Gasteiger partial charge is 0.337 e. The molecule has 0 aromatic rings. The summed E-state index contributed by atoms with van der Waals surface area (Å²) in [6.07, 6.45) is -1.06. The van der Waals surface area contributed by atoms with E-state index in [1.807, 2.05) is 0 Å². The van der Waals surface area contributed by atoms with E-state index >= 15 is 0 Å². The Balaban J connectivity index is 4.10. The van der Waals surface area contributed by atoms with E-state index in [0.29, 0.717) is 11.8 Å². The highest BCUT2D eigenvalue weighted by molar-refractivity contribution is 8.13. The molecule has 90 valence electrons. The van der Waals surface area contributed by atoms with E-state index < -0.39 is 30.7 Å². The minimum absolute atomic E-state index is 0.149. The fourth-order valence-electron chi connectivity index (χ4n) is 0.676. The number of carbonyl (C=O) groups excluding carboxylic acids is 1. The number of carbonyl (C=O) groups is 1. The monoisotopic (exact) mass is 250 g/mol. The Morgan fingerprint density at radius 2 is 1.73 bits per heavy atom. The van der Waals surface area contributed by atoms with E-state index in [9.17, 15) is 26.7 Å². The molecule has 1 nitrogen and oxygen atoms in total. The molecule has 0 radical (unpaired) electrons. The highest BCUT2D eigenvalue weighted by Crippen LogP contribution is 2.38. The summed E-state index contributed by atoms with van der Waals surface area (Å²) >= 11 is 0.555. The topological polar surface area (TPSA) is 17.1 Å². The van der Waals surface area contributed by atoms with Crippen molar-refractivity contribution in [1.29, 1.82) is 0 Å². The van der Waals surface area contributed by atoms with Crippen molar-refractivity contribution in [1.82, 2.24) is 0 Å². The van der Waals surface area contributed by atoms with E-state index in [1.165, 1.54) is 6.92 Å². The van der Waals surface area contributed by atoms with Crippen LogP contribution in [0.3, 0.4) is 0 Å². The van der Waals surface area contributed by atoms with Gasteiger partial charge in [0.2, 0.25) is 0 Å². The van der Waals surface area contributed by atoms with Crippen LogP contribution in [-0.4, -0.2) is 29.4 Å². The van der Waals surface area contributed by atoms with Crippen LogP contribution < -0.4 is 0 Å². The van der Waals surface area contributed by atoms with E-state index in [0.717, 1.165) is 0 Å². The second-order valence-corrected chi connectivity index (χ2v) is 4.02. The lowest BCUT2D eigenvalue weighted by atomic mass is 10.1. The van der Waals surface area contributed by atoms with Gasteiger partial charge in [-0.15, -0.1) is 0 Å². The van der Waals surface area contributed by atoms with Gasteiger partial charge in [0.25, 0.3) is 0 Å². The third-order valence-electron chi connectivity index (χ3n) is 1.67. The summed E-state index contributed by atoms with van der Waals surface area (Å²) in [6, 6.07) is 0. The zero-order chi connectivity index (χ0) is 12.1. The van der Waals surface area contributed by atoms with Crippen molar-refractivity contribution in [2.24, 2.45) is 0 Å². The van der Waals surface area contributed by atoms with Crippen LogP contribution >= 0.6 is 11.8 Å². The first-order chi connectivity index (χ1) is 6.77. The molecule has 0 aromatic heterocycles. The molecule has 0 spiro atoms. The average molecular weight is 250 g/mol. The molecule has 0 aliphatic heterocycles. The van der Waals surface area contributed by atoms with Gasteiger partial charge >= 0.3 is 11.8 Å². The van der Waals surface area contributed by atoms with Gasteiger partial charge in [-0.25, -0.2) is 4.39 Å². The zero-order valence-corrected chi connectivity index (χ0v) is 8.85. The van der Waals surface area contributed by atoms with Crippen LogP contribution in [0.1, 0.15) is 19.8 Å². The van der Waals surface area contributed by atoms with Crippen molar-refractivity contribution in [2.45, 2.75) is 31.6 Å². The summed E-state index contributed by atoms with van der Waals surface area (Å²) in [6.45, 7) is -0.865. The maximum absolute atomic E-state index is 12.6. The van der Waals surface area contributed by atoms with Gasteiger partial charge in [0.1, 0.15) is 0 Å². The lowest BCUT2D eigenvalue weighted by Crippen LogP contribution is -2.42. The van der Waals surface area contributed by atoms with Crippen molar-refractivity contribution in [2.75, 3.05) is 12.4 Å². The molecule has 0 aliphatic carbocycles. The van der Waals surface area contributed by atoms with E-state index in [1.54, 1.807) is 0 Å². The van der Waals surface area contributed by atoms with Crippen molar-refractivity contribution in [3.63, 3.8) is 0 Å². The molecule has 15 heavy (non-hydrogen) atoms. The summed E-state index contributed by atoms with van der Waals surface area (Å²) in [5, 5.41) is -0.352. The second kappa shape index (κ2) is 5.67. The second-order valence-electron chi connectivity index (χ2n) is 2.87. The first kappa shape index (κ1) is 14.7. The minimum atomic E-state index is -4.65. The first-order valence-electron chi connectivity index (χ1n) is 4.24. The minimum Gasteiger partial charge on any atom is -0.287 e. The predicted molar refractivity (Wildman–Crippen MR) is 48.2 cm³/mol. The Labute approximate surface area is 88.4 Å². The van der Waals surface area contributed by atoms with Gasteiger partial charge in [0.05, 0.1) is 0 Å². The third-order valence-corrected chi connectivity index (χ3v) is 2.69. The van der Waals surface area contributed by atoms with Gasteiger partial charge in [-0.3, -0.25) is 4.79 Å². The Morgan fingerprint density at radius 3 is 2.13 bits per heavy atom. The van der Waals surface area contributed by atoms with Gasteiger partial charge in [-0.1, -0.05) is 18.7 Å². The maximum Gasteiger partial charge on any atom is 0.337 e. The van der Waals surface area contributed by atoms with E-state index in [2.05, 4.69) is 0 Å². The lowest BCUT2D eigenvalue weighted by Gasteiger charge is -2.23. The molecular weight excluding hydrogens is 239 g/mol. The molecule has 0 unspecified atom stereocenters. The molecule has 0 heterocycles. The number of hydrogen-bond acceptors (Lipinski definition) is 2. The van der Waals surface area contributed by atoms with Crippen LogP contribution in [-0.2, 0) is 4.79 Å². The number of alkyl halides is 5. The molecule has 0 atom stereocenters. The molecule has 7 heteroatoms. The number of thioether (sulfide) groups is 1. The van der Waals surface area contributed by atoms with E-state index in [4.69, 9.17) is 0 Å². The maximum atomic E-state index is 12.6. The smallest absolute Gasteiger partial charge is 0.287 e. The van der Waals surface area contributed by atoms with Crippen LogP contribution in [0.4, 0.5) is 22.0 Å². The van der Waals surface area contributed by atoms with Crippen LogP contribution in [0.25, 0.3) is 0 Å². The van der Waals surface area contributed by atoms with Gasteiger partial charge in [0, 0.05) is 18.6 Å². The Morgan fingerprint density at radius 1 is 1.20 bits per heavy atom. The Hall–Kier alpha value is -0.330. The van der Waals surface area contributed by atoms with E-state index in [-0.39, 0.29) is 11.5 Å². The molecule has 0 aromatic carbocycles. The average Bonchev–Trinajstić information content (AvgIpc) is 2.16. The van der Waals surface area contributed by atoms with Crippen molar-refractivity contribution in [3.8, 4) is 0 Å².